The van der Waals surface area contributed by atoms with Crippen molar-refractivity contribution in [2.24, 2.45) is 46.3 Å². The molecule has 0 amide bonds. The van der Waals surface area contributed by atoms with Crippen LogP contribution in [-0.2, 0) is 22.4 Å². The van der Waals surface area contributed by atoms with Gasteiger partial charge in [-0.05, 0) is 141 Å². The molecule has 5 aliphatic rings. The number of epoxide rings is 1. The summed E-state index contributed by atoms with van der Waals surface area (Å²) in [6, 6.07) is 5.86. The maximum atomic E-state index is 13.8. The van der Waals surface area contributed by atoms with Crippen molar-refractivity contribution in [1.82, 2.24) is 0 Å². The van der Waals surface area contributed by atoms with Crippen molar-refractivity contribution >= 4 is 5.78 Å². The van der Waals surface area contributed by atoms with E-state index in [0.29, 0.717) is 56.3 Å². The first-order valence-electron chi connectivity index (χ1n) is 18.5. The molecular formula is C40H60O7. The number of aryl methyl sites for hydroxylation is 2. The molecule has 1 aliphatic heterocycles. The Labute approximate surface area is 281 Å². The molecule has 7 nitrogen and oxygen atoms in total. The minimum absolute atomic E-state index is 0.0352. The molecule has 47 heavy (non-hydrogen) atoms. The molecule has 4 fully saturated rings. The molecule has 1 aromatic carbocycles. The second kappa shape index (κ2) is 12.2. The van der Waals surface area contributed by atoms with E-state index in [1.807, 2.05) is 19.1 Å². The van der Waals surface area contributed by atoms with Crippen molar-refractivity contribution in [2.45, 2.75) is 148 Å². The largest absolute Gasteiger partial charge is 0.508 e. The van der Waals surface area contributed by atoms with Crippen LogP contribution in [0, 0.1) is 46.3 Å². The lowest BCUT2D eigenvalue weighted by molar-refractivity contribution is -0.168. The highest BCUT2D eigenvalue weighted by Gasteiger charge is 2.72. The van der Waals surface area contributed by atoms with Gasteiger partial charge in [0.15, 0.2) is 5.78 Å². The molecule has 1 heterocycles. The van der Waals surface area contributed by atoms with Crippen LogP contribution in [0.5, 0.6) is 5.75 Å². The maximum absolute atomic E-state index is 13.8. The number of benzene rings is 1. The van der Waals surface area contributed by atoms with Crippen molar-refractivity contribution in [3.63, 3.8) is 0 Å². The highest BCUT2D eigenvalue weighted by atomic mass is 16.6. The molecule has 6 rings (SSSR count). The van der Waals surface area contributed by atoms with Crippen molar-refractivity contribution < 1.29 is 35.1 Å². The summed E-state index contributed by atoms with van der Waals surface area (Å²) in [5.41, 5.74) is -0.857. The summed E-state index contributed by atoms with van der Waals surface area (Å²) in [5.74, 6) is 0.708. The molecule has 12 atom stereocenters. The minimum Gasteiger partial charge on any atom is -0.508 e. The van der Waals surface area contributed by atoms with E-state index < -0.39 is 34.2 Å². The number of aliphatic hydroxyl groups is 4. The predicted octanol–water partition coefficient (Wildman–Crippen LogP) is 5.91. The van der Waals surface area contributed by atoms with Crippen LogP contribution in [0.4, 0.5) is 0 Å². The molecule has 0 aromatic heterocycles. The quantitative estimate of drug-likeness (QED) is 0.199. The van der Waals surface area contributed by atoms with Crippen LogP contribution in [-0.4, -0.2) is 66.9 Å². The summed E-state index contributed by atoms with van der Waals surface area (Å²) >= 11 is 0. The van der Waals surface area contributed by atoms with Crippen LogP contribution in [0.15, 0.2) is 29.8 Å². The summed E-state index contributed by atoms with van der Waals surface area (Å²) in [6.45, 7) is 14.9. The van der Waals surface area contributed by atoms with E-state index in [1.54, 1.807) is 6.08 Å². The average molecular weight is 653 g/mol. The Morgan fingerprint density at radius 1 is 0.979 bits per heavy atom. The fraction of sp³-hybridized carbons (Fsp3) is 0.775. The molecule has 0 bridgehead atoms. The van der Waals surface area contributed by atoms with Gasteiger partial charge in [-0.15, -0.1) is 0 Å². The lowest BCUT2D eigenvalue weighted by atomic mass is 9.44. The Hall–Kier alpha value is -1.77. The third kappa shape index (κ3) is 5.74. The van der Waals surface area contributed by atoms with Crippen LogP contribution in [0.25, 0.3) is 0 Å². The first-order chi connectivity index (χ1) is 21.9. The number of carbonyl (C=O) groups excluding carboxylic acids is 1. The van der Waals surface area contributed by atoms with Gasteiger partial charge in [-0.1, -0.05) is 47.6 Å². The number of aliphatic hydroxyl groups excluding tert-OH is 2. The summed E-state index contributed by atoms with van der Waals surface area (Å²) in [6.07, 6.45) is 5.73. The molecule has 1 aromatic rings. The Morgan fingerprint density at radius 3 is 2.32 bits per heavy atom. The van der Waals surface area contributed by atoms with Gasteiger partial charge in [0.25, 0.3) is 0 Å². The zero-order valence-electron chi connectivity index (χ0n) is 29.7. The number of fused-ring (bicyclic) bond motifs is 5. The van der Waals surface area contributed by atoms with E-state index in [2.05, 4.69) is 47.6 Å². The summed E-state index contributed by atoms with van der Waals surface area (Å²) < 4.78 is 6.26. The third-order valence-electron chi connectivity index (χ3n) is 14.1. The first-order valence-corrected chi connectivity index (χ1v) is 18.5. The van der Waals surface area contributed by atoms with Gasteiger partial charge in [0.05, 0.1) is 29.5 Å². The van der Waals surface area contributed by atoms with E-state index in [4.69, 9.17) is 4.74 Å². The normalized spacial score (nSPS) is 41.6. The summed E-state index contributed by atoms with van der Waals surface area (Å²) in [7, 11) is 0. The number of phenolic OH excluding ortho intramolecular Hbond substituents is 1. The van der Waals surface area contributed by atoms with Gasteiger partial charge in [-0.25, -0.2) is 0 Å². The monoisotopic (exact) mass is 652 g/mol. The lowest BCUT2D eigenvalue weighted by Gasteiger charge is -2.61. The number of allylic oxidation sites excluding steroid dienone is 1. The van der Waals surface area contributed by atoms with Crippen LogP contribution in [0.2, 0.25) is 0 Å². The fourth-order valence-electron chi connectivity index (χ4n) is 11.0. The topological polar surface area (TPSA) is 131 Å². The Balaban J connectivity index is 1.38. The van der Waals surface area contributed by atoms with Crippen molar-refractivity contribution in [3.8, 4) is 5.75 Å². The molecule has 12 unspecified atom stereocenters. The van der Waals surface area contributed by atoms with Crippen LogP contribution in [0.1, 0.15) is 111 Å². The molecule has 262 valence electrons. The van der Waals surface area contributed by atoms with E-state index in [9.17, 15) is 30.3 Å². The average Bonchev–Trinajstić information content (AvgIpc) is 3.73. The standard InChI is InChI=1S/C40H60O7/c1-22(2)8-9-25-16-26(18-27(41)17-25)10-13-39-14-11-28-29(19-31(42)30-20-32(43)33(44)21-37(28,30)6)40(39,46)15-12-34(39)38(7,45)36-35(47-36)24(5)23(3)4/h16-19,22-24,28,30,32-36,41,43-46H,8-15,20-21H2,1-7H3. The second-order valence-electron chi connectivity index (χ2n) is 17.6. The Morgan fingerprint density at radius 2 is 1.66 bits per heavy atom. The molecule has 3 saturated carbocycles. The van der Waals surface area contributed by atoms with Gasteiger partial charge in [0, 0.05) is 11.3 Å². The summed E-state index contributed by atoms with van der Waals surface area (Å²) in [5, 5.41) is 57.7. The molecule has 1 saturated heterocycles. The Kier molecular flexibility index (Phi) is 9.12. The smallest absolute Gasteiger partial charge is 0.159 e. The number of hydrogen-bond donors (Lipinski definition) is 5. The zero-order valence-corrected chi connectivity index (χ0v) is 29.7. The van der Waals surface area contributed by atoms with Crippen molar-refractivity contribution in [2.75, 3.05) is 0 Å². The number of hydrogen-bond acceptors (Lipinski definition) is 7. The van der Waals surface area contributed by atoms with E-state index in [-0.39, 0.29) is 47.9 Å². The molecule has 7 heteroatoms. The molecule has 4 aliphatic carbocycles. The third-order valence-corrected chi connectivity index (χ3v) is 14.1. The first kappa shape index (κ1) is 35.1. The van der Waals surface area contributed by atoms with Crippen LogP contribution in [0.3, 0.4) is 0 Å². The van der Waals surface area contributed by atoms with Crippen molar-refractivity contribution in [3.05, 3.63) is 41.0 Å². The SMILES string of the molecule is CC(C)CCc1cc(O)cc(CCC23CCC4C(=CC(=O)C5CC(O)C(O)CC54C)C2(O)CCC3C(C)(O)C2OC2C(C)C(C)C)c1. The maximum Gasteiger partial charge on any atom is 0.159 e. The van der Waals surface area contributed by atoms with E-state index >= 15 is 0 Å². The number of phenols is 1. The zero-order chi connectivity index (χ0) is 34.3. The van der Waals surface area contributed by atoms with Gasteiger partial charge < -0.3 is 30.3 Å². The Bertz CT molecular complexity index is 1380. The minimum atomic E-state index is -1.30. The second-order valence-corrected chi connectivity index (χ2v) is 17.6. The number of ether oxygens (including phenoxy) is 1. The number of carbonyl (C=O) groups is 1. The highest BCUT2D eigenvalue weighted by Crippen LogP contribution is 2.70. The lowest BCUT2D eigenvalue weighted by Crippen LogP contribution is -2.63. The van der Waals surface area contributed by atoms with Crippen LogP contribution >= 0.6 is 0 Å². The van der Waals surface area contributed by atoms with Gasteiger partial charge >= 0.3 is 0 Å². The van der Waals surface area contributed by atoms with Gasteiger partial charge in [-0.2, -0.15) is 0 Å². The highest BCUT2D eigenvalue weighted by molar-refractivity contribution is 5.95. The fourth-order valence-corrected chi connectivity index (χ4v) is 11.0. The van der Waals surface area contributed by atoms with E-state index in [0.717, 1.165) is 36.0 Å². The molecule has 0 spiro atoms. The van der Waals surface area contributed by atoms with Crippen LogP contribution < -0.4 is 0 Å². The molecule has 5 N–H and O–H groups in total. The van der Waals surface area contributed by atoms with Gasteiger partial charge in [0.1, 0.15) is 11.9 Å². The number of ketones is 1. The molecular weight excluding hydrogens is 592 g/mol. The predicted molar refractivity (Wildman–Crippen MR) is 182 cm³/mol. The van der Waals surface area contributed by atoms with Crippen molar-refractivity contribution in [1.29, 1.82) is 0 Å². The summed E-state index contributed by atoms with van der Waals surface area (Å²) in [4.78, 5) is 13.8. The van der Waals surface area contributed by atoms with Gasteiger partial charge in [0.2, 0.25) is 0 Å². The number of aromatic hydroxyl groups is 1. The van der Waals surface area contributed by atoms with E-state index in [1.165, 1.54) is 0 Å². The molecule has 0 radical (unpaired) electrons. The number of rotatable bonds is 10. The van der Waals surface area contributed by atoms with Gasteiger partial charge in [-0.3, -0.25) is 4.79 Å².